The Bertz CT molecular complexity index is 1790. The van der Waals surface area contributed by atoms with Gasteiger partial charge in [0.05, 0.1) is 25.5 Å². The number of anilines is 1. The van der Waals surface area contributed by atoms with E-state index in [4.69, 9.17) is 37.6 Å². The summed E-state index contributed by atoms with van der Waals surface area (Å²) in [5.74, 6) is -1.41. The monoisotopic (exact) mass is 823 g/mol. The predicted molar refractivity (Wildman–Crippen MR) is 231 cm³/mol. The van der Waals surface area contributed by atoms with Gasteiger partial charge in [-0.05, 0) is 108 Å². The van der Waals surface area contributed by atoms with E-state index in [2.05, 4.69) is 59.9 Å². The maximum Gasteiger partial charge on any atom is 0.414 e. The maximum absolute atomic E-state index is 13.4. The third-order valence-corrected chi connectivity index (χ3v) is 15.3. The second-order valence-electron chi connectivity index (χ2n) is 18.8. The molecule has 0 aromatic heterocycles. The van der Waals surface area contributed by atoms with Crippen molar-refractivity contribution in [3.05, 3.63) is 71.3 Å². The number of amides is 1. The summed E-state index contributed by atoms with van der Waals surface area (Å²) in [5, 5.41) is 0.0913. The molecule has 2 aliphatic heterocycles. The second-order valence-corrected chi connectivity index (χ2v) is 23.5. The fourth-order valence-electron chi connectivity index (χ4n) is 6.52. The van der Waals surface area contributed by atoms with Crippen molar-refractivity contribution in [2.45, 2.75) is 163 Å². The lowest BCUT2D eigenvalue weighted by Gasteiger charge is -2.39. The lowest BCUT2D eigenvalue weighted by molar-refractivity contribution is -0.156. The van der Waals surface area contributed by atoms with Crippen LogP contribution in [-0.4, -0.2) is 75.6 Å². The van der Waals surface area contributed by atoms with Crippen molar-refractivity contribution in [1.29, 1.82) is 0 Å². The van der Waals surface area contributed by atoms with Crippen LogP contribution < -0.4 is 14.4 Å². The summed E-state index contributed by atoms with van der Waals surface area (Å²) in [7, 11) is -0.346. The van der Waals surface area contributed by atoms with Gasteiger partial charge in [0, 0.05) is 32.6 Å². The summed E-state index contributed by atoms with van der Waals surface area (Å²) < 4.78 is 49.4. The largest absolute Gasteiger partial charge is 0.497 e. The van der Waals surface area contributed by atoms with Crippen LogP contribution in [0.25, 0.3) is 6.08 Å². The number of rotatable bonds is 15. The van der Waals surface area contributed by atoms with Crippen LogP contribution in [0.5, 0.6) is 11.5 Å². The van der Waals surface area contributed by atoms with Gasteiger partial charge in [-0.15, -0.1) is 0 Å². The first kappa shape index (κ1) is 47.0. The van der Waals surface area contributed by atoms with Crippen molar-refractivity contribution in [2.24, 2.45) is 5.92 Å². The fourth-order valence-corrected chi connectivity index (χ4v) is 8.02. The molecule has 1 amide bonds. The van der Waals surface area contributed by atoms with E-state index < -0.39 is 55.9 Å². The number of cyclic esters (lactones) is 1. The summed E-state index contributed by atoms with van der Waals surface area (Å²) in [5.41, 5.74) is 1.62. The lowest BCUT2D eigenvalue weighted by atomic mass is 9.99. The summed E-state index contributed by atoms with van der Waals surface area (Å²) >= 11 is 0. The normalized spacial score (nSPS) is 20.9. The number of fused-ring (bicyclic) bond motifs is 1. The molecule has 12 heteroatoms. The zero-order valence-corrected chi connectivity index (χ0v) is 38.8. The SMILES string of the molecule is CCN(C(=O)OC(C)(C)C)c1cc(/C=C/C[C@@H]2OC(C)(C)O[C@@H]2C(/C=C\[C@@H](C)[C@H](C)O[Si](C)(C)C(C)(C)C)OCc2ccc(OC)cc2)c2c(c1)OC(C)(C)OC2=O. The van der Waals surface area contributed by atoms with E-state index >= 15 is 0 Å². The first-order valence-corrected chi connectivity index (χ1v) is 23.4. The van der Waals surface area contributed by atoms with E-state index in [-0.39, 0.29) is 22.6 Å². The van der Waals surface area contributed by atoms with Gasteiger partial charge in [0.1, 0.15) is 34.9 Å². The first-order valence-electron chi connectivity index (χ1n) is 20.5. The van der Waals surface area contributed by atoms with Gasteiger partial charge in [0.2, 0.25) is 5.79 Å². The number of carbonyl (C=O) groups excluding carboxylic acids is 2. The molecule has 1 fully saturated rings. The standard InChI is InChI=1S/C46H69NO10Si/c1-17-47(42(49)56-43(4,5)6)34-27-33(39-38(28-34)53-46(12,13)55-41(39)48)19-18-20-37-40(54-45(10,11)52-37)36(51-29-32-22-24-35(50-14)25-23-32)26-21-30(2)31(3)57-58(15,16)44(7,8)9/h18-19,21-28,30-31,36-37,40H,17,20,29H2,1-16H3/b19-18+,26-21-/t30-,31+,36?,37+,40-/m1/s1. The Morgan fingerprint density at radius 2 is 1.60 bits per heavy atom. The zero-order valence-electron chi connectivity index (χ0n) is 37.8. The van der Waals surface area contributed by atoms with Crippen LogP contribution in [-0.2, 0) is 34.7 Å². The number of benzene rings is 2. The van der Waals surface area contributed by atoms with Gasteiger partial charge in [0.15, 0.2) is 14.1 Å². The van der Waals surface area contributed by atoms with Crippen LogP contribution in [0, 0.1) is 5.92 Å². The van der Waals surface area contributed by atoms with Gasteiger partial charge in [-0.2, -0.15) is 0 Å². The van der Waals surface area contributed by atoms with Crippen molar-refractivity contribution in [3.8, 4) is 11.5 Å². The minimum atomic E-state index is -1.99. The van der Waals surface area contributed by atoms with Gasteiger partial charge >= 0.3 is 12.1 Å². The molecule has 0 N–H and O–H groups in total. The van der Waals surface area contributed by atoms with Crippen molar-refractivity contribution in [3.63, 3.8) is 0 Å². The highest BCUT2D eigenvalue weighted by Gasteiger charge is 2.45. The number of methoxy groups -OCH3 is 1. The van der Waals surface area contributed by atoms with Crippen LogP contribution in [0.3, 0.4) is 0 Å². The summed E-state index contributed by atoms with van der Waals surface area (Å²) in [4.78, 5) is 28.3. The molecule has 0 saturated carbocycles. The fraction of sp³-hybridized carbons (Fsp3) is 0.609. The molecule has 2 aromatic rings. The summed E-state index contributed by atoms with van der Waals surface area (Å²) in [6.45, 7) is 30.7. The van der Waals surface area contributed by atoms with Crippen LogP contribution in [0.15, 0.2) is 54.6 Å². The Kier molecular flexibility index (Phi) is 14.8. The smallest absolute Gasteiger partial charge is 0.414 e. The van der Waals surface area contributed by atoms with Gasteiger partial charge < -0.3 is 37.6 Å². The number of ether oxygens (including phenoxy) is 7. The number of esters is 1. The minimum absolute atomic E-state index is 0.00261. The molecule has 0 aliphatic carbocycles. The highest BCUT2D eigenvalue weighted by atomic mass is 28.4. The van der Waals surface area contributed by atoms with Crippen LogP contribution in [0.1, 0.15) is 118 Å². The molecule has 2 aromatic carbocycles. The van der Waals surface area contributed by atoms with E-state index in [1.807, 2.05) is 78.0 Å². The van der Waals surface area contributed by atoms with Crippen LogP contribution >= 0.6 is 0 Å². The Morgan fingerprint density at radius 3 is 2.19 bits per heavy atom. The predicted octanol–water partition coefficient (Wildman–Crippen LogP) is 10.9. The number of nitrogens with zero attached hydrogens (tertiary/aromatic N) is 1. The highest BCUT2D eigenvalue weighted by Crippen LogP contribution is 2.40. The molecule has 1 unspecified atom stereocenters. The third kappa shape index (κ3) is 12.4. The first-order chi connectivity index (χ1) is 26.7. The maximum atomic E-state index is 13.4. The van der Waals surface area contributed by atoms with E-state index in [0.29, 0.717) is 36.6 Å². The van der Waals surface area contributed by atoms with Crippen LogP contribution in [0.4, 0.5) is 10.5 Å². The van der Waals surface area contributed by atoms with Gasteiger partial charge in [-0.25, -0.2) is 9.59 Å². The number of hydrogen-bond acceptors (Lipinski definition) is 10. The zero-order chi connectivity index (χ0) is 43.4. The van der Waals surface area contributed by atoms with E-state index in [0.717, 1.165) is 11.3 Å². The molecule has 58 heavy (non-hydrogen) atoms. The molecule has 0 bridgehead atoms. The molecule has 0 spiro atoms. The molecule has 2 aliphatic rings. The molecular formula is C46H69NO10Si. The Labute approximate surface area is 348 Å². The quantitative estimate of drug-likeness (QED) is 0.0977. The molecule has 5 atom stereocenters. The van der Waals surface area contributed by atoms with E-state index in [9.17, 15) is 9.59 Å². The van der Waals surface area contributed by atoms with Gasteiger partial charge in [0.25, 0.3) is 0 Å². The average molecular weight is 824 g/mol. The average Bonchev–Trinajstić information content (AvgIpc) is 3.39. The highest BCUT2D eigenvalue weighted by molar-refractivity contribution is 6.74. The molecule has 4 rings (SSSR count). The van der Waals surface area contributed by atoms with E-state index in [1.54, 1.807) is 33.1 Å². The Balaban J connectivity index is 1.67. The molecular weight excluding hydrogens is 755 g/mol. The topological polar surface area (TPSA) is 111 Å². The Morgan fingerprint density at radius 1 is 0.948 bits per heavy atom. The van der Waals surface area contributed by atoms with Crippen molar-refractivity contribution < 1.29 is 47.2 Å². The van der Waals surface area contributed by atoms with Gasteiger partial charge in [-0.1, -0.05) is 64.1 Å². The lowest BCUT2D eigenvalue weighted by Crippen LogP contribution is -2.44. The molecule has 322 valence electrons. The molecule has 0 radical (unpaired) electrons. The van der Waals surface area contributed by atoms with Crippen molar-refractivity contribution in [1.82, 2.24) is 0 Å². The van der Waals surface area contributed by atoms with Crippen molar-refractivity contribution >= 4 is 32.1 Å². The summed E-state index contributed by atoms with van der Waals surface area (Å²) in [6, 6.07) is 11.3. The molecule has 2 heterocycles. The second kappa shape index (κ2) is 18.3. The molecule has 11 nitrogen and oxygen atoms in total. The number of carbonyl (C=O) groups is 2. The summed E-state index contributed by atoms with van der Waals surface area (Å²) in [6.07, 6.45) is 6.58. The van der Waals surface area contributed by atoms with Gasteiger partial charge in [-0.3, -0.25) is 4.90 Å². The van der Waals surface area contributed by atoms with Crippen molar-refractivity contribution in [2.75, 3.05) is 18.6 Å². The Hall–Kier alpha value is -3.68. The molecule has 1 saturated heterocycles. The number of hydrogen-bond donors (Lipinski definition) is 0. The third-order valence-electron chi connectivity index (χ3n) is 10.7. The van der Waals surface area contributed by atoms with Crippen LogP contribution in [0.2, 0.25) is 18.1 Å². The van der Waals surface area contributed by atoms with E-state index in [1.165, 1.54) is 4.90 Å². The minimum Gasteiger partial charge on any atom is -0.497 e.